The number of rotatable bonds is 4. The van der Waals surface area contributed by atoms with Crippen molar-refractivity contribution in [1.82, 2.24) is 14.9 Å². The summed E-state index contributed by atoms with van der Waals surface area (Å²) in [6.45, 7) is 7.87. The van der Waals surface area contributed by atoms with E-state index in [1.165, 1.54) is 0 Å². The number of benzene rings is 3. The summed E-state index contributed by atoms with van der Waals surface area (Å²) in [5, 5.41) is 28.4. The number of H-pyrrole nitrogens is 1. The number of hydrogen-bond donors (Lipinski definition) is 5. The number of aliphatic hydroxyl groups excluding tert-OH is 2. The molecule has 0 spiro atoms. The fourth-order valence-electron chi connectivity index (χ4n) is 7.11. The van der Waals surface area contributed by atoms with Crippen molar-refractivity contribution in [2.45, 2.75) is 63.1 Å². The van der Waals surface area contributed by atoms with Gasteiger partial charge in [-0.2, -0.15) is 0 Å². The van der Waals surface area contributed by atoms with E-state index in [-0.39, 0.29) is 11.0 Å². The summed E-state index contributed by atoms with van der Waals surface area (Å²) >= 11 is 6.33. The second-order valence-electron chi connectivity index (χ2n) is 12.9. The normalized spacial score (nSPS) is 23.4. The quantitative estimate of drug-likeness (QED) is 0.137. The molecule has 1 aliphatic heterocycles. The average Bonchev–Trinajstić information content (AvgIpc) is 3.59. The molecule has 10 heteroatoms. The van der Waals surface area contributed by atoms with Gasteiger partial charge in [-0.05, 0) is 55.1 Å². The molecule has 2 aliphatic rings. The first-order chi connectivity index (χ1) is 19.3. The van der Waals surface area contributed by atoms with E-state index in [1.54, 1.807) is 12.1 Å². The number of para-hydroxylation sites is 1. The van der Waals surface area contributed by atoms with Crippen molar-refractivity contribution >= 4 is 75.3 Å². The van der Waals surface area contributed by atoms with E-state index in [4.69, 9.17) is 11.6 Å². The summed E-state index contributed by atoms with van der Waals surface area (Å²) in [6.07, 6.45) is -1.000. The number of hydrogen-bond acceptors (Lipinski definition) is 5. The number of imide groups is 1. The topological polar surface area (TPSA) is 128 Å². The Balaban J connectivity index is 1.56. The molecule has 212 valence electrons. The zero-order valence-electron chi connectivity index (χ0n) is 23.2. The maximum Gasteiger partial charge on any atom is 0.259 e. The number of nitrogens with zero attached hydrogens (tertiary/aromatic N) is 1. The summed E-state index contributed by atoms with van der Waals surface area (Å²) in [7, 11) is -2.56. The van der Waals surface area contributed by atoms with Crippen molar-refractivity contribution < 1.29 is 24.6 Å². The SMILES string of the molecule is CC(C)(C[C@H]1CC(n2c3ccccc3c3c4c(c5c6ccc(Cl)cc6[nH]c5c32)C(=O)NC4=O)[C@H](O)[C@@H]1O)[Si](C)(C)O. The van der Waals surface area contributed by atoms with E-state index in [2.05, 4.69) is 10.3 Å². The van der Waals surface area contributed by atoms with Crippen molar-refractivity contribution in [2.75, 3.05) is 0 Å². The zero-order valence-corrected chi connectivity index (χ0v) is 25.0. The Morgan fingerprint density at radius 1 is 1.00 bits per heavy atom. The first kappa shape index (κ1) is 26.7. The summed E-state index contributed by atoms with van der Waals surface area (Å²) < 4.78 is 2.04. The maximum atomic E-state index is 13.4. The lowest BCUT2D eigenvalue weighted by Gasteiger charge is -2.37. The zero-order chi connectivity index (χ0) is 29.2. The molecule has 4 atom stereocenters. The first-order valence-electron chi connectivity index (χ1n) is 13.9. The monoisotopic (exact) mass is 589 g/mol. The van der Waals surface area contributed by atoms with Crippen LogP contribution in [0.1, 0.15) is 53.4 Å². The summed E-state index contributed by atoms with van der Waals surface area (Å²) in [6, 6.07) is 12.6. The van der Waals surface area contributed by atoms with Crippen LogP contribution in [0.5, 0.6) is 0 Å². The lowest BCUT2D eigenvalue weighted by atomic mass is 9.93. The molecule has 3 aromatic carbocycles. The highest BCUT2D eigenvalue weighted by molar-refractivity contribution is 6.72. The highest BCUT2D eigenvalue weighted by atomic mass is 35.5. The predicted molar refractivity (Wildman–Crippen MR) is 163 cm³/mol. The van der Waals surface area contributed by atoms with Gasteiger partial charge in [-0.25, -0.2) is 0 Å². The van der Waals surface area contributed by atoms with Gasteiger partial charge < -0.3 is 24.6 Å². The Morgan fingerprint density at radius 2 is 1.68 bits per heavy atom. The number of halogens is 1. The lowest BCUT2D eigenvalue weighted by Crippen LogP contribution is -2.41. The highest BCUT2D eigenvalue weighted by Gasteiger charge is 2.49. The number of aliphatic hydroxyl groups is 2. The van der Waals surface area contributed by atoms with Crippen LogP contribution in [0.25, 0.3) is 43.6 Å². The van der Waals surface area contributed by atoms with E-state index < -0.39 is 38.4 Å². The first-order valence-corrected chi connectivity index (χ1v) is 17.3. The summed E-state index contributed by atoms with van der Waals surface area (Å²) in [5.74, 6) is -1.14. The fraction of sp³-hybridized carbons (Fsp3) is 0.355. The number of aromatic nitrogens is 2. The molecule has 1 fully saturated rings. The van der Waals surface area contributed by atoms with Crippen molar-refractivity contribution in [3.8, 4) is 0 Å². The maximum absolute atomic E-state index is 13.4. The number of carbonyl (C=O) groups is 2. The second kappa shape index (κ2) is 8.65. The Kier molecular flexibility index (Phi) is 5.63. The largest absolute Gasteiger partial charge is 0.432 e. The molecular formula is C31H32ClN3O5Si. The number of aromatic amines is 1. The third kappa shape index (κ3) is 3.63. The third-order valence-corrected chi connectivity index (χ3v) is 13.6. The predicted octanol–water partition coefficient (Wildman–Crippen LogP) is 5.62. The van der Waals surface area contributed by atoms with Crippen molar-refractivity contribution in [2.24, 2.45) is 5.92 Å². The van der Waals surface area contributed by atoms with Crippen LogP contribution in [0, 0.1) is 5.92 Å². The molecule has 1 unspecified atom stereocenters. The average molecular weight is 590 g/mol. The molecule has 41 heavy (non-hydrogen) atoms. The molecule has 2 aromatic heterocycles. The van der Waals surface area contributed by atoms with Gasteiger partial charge in [0.1, 0.15) is 6.10 Å². The molecule has 0 saturated heterocycles. The Labute approximate surface area is 242 Å². The van der Waals surface area contributed by atoms with Gasteiger partial charge in [-0.1, -0.05) is 49.7 Å². The minimum Gasteiger partial charge on any atom is -0.432 e. The van der Waals surface area contributed by atoms with E-state index in [9.17, 15) is 24.6 Å². The smallest absolute Gasteiger partial charge is 0.259 e. The molecule has 3 heterocycles. The van der Waals surface area contributed by atoms with Crippen molar-refractivity contribution in [3.05, 3.63) is 58.6 Å². The second-order valence-corrected chi connectivity index (χ2v) is 17.8. The molecular weight excluding hydrogens is 558 g/mol. The molecule has 0 radical (unpaired) electrons. The number of amides is 2. The number of carbonyl (C=O) groups excluding carboxylic acids is 2. The van der Waals surface area contributed by atoms with Gasteiger partial charge in [0, 0.05) is 37.6 Å². The van der Waals surface area contributed by atoms with Crippen molar-refractivity contribution in [1.29, 1.82) is 0 Å². The highest BCUT2D eigenvalue weighted by Crippen LogP contribution is 2.51. The van der Waals surface area contributed by atoms with E-state index in [0.29, 0.717) is 50.8 Å². The molecule has 2 amide bonds. The van der Waals surface area contributed by atoms with Crippen LogP contribution >= 0.6 is 11.6 Å². The molecule has 8 nitrogen and oxygen atoms in total. The number of nitrogens with one attached hydrogen (secondary N) is 2. The van der Waals surface area contributed by atoms with Gasteiger partial charge in [0.25, 0.3) is 11.8 Å². The van der Waals surface area contributed by atoms with Gasteiger partial charge in [0.05, 0.1) is 34.3 Å². The van der Waals surface area contributed by atoms with E-state index in [0.717, 1.165) is 21.8 Å². The van der Waals surface area contributed by atoms with Crippen LogP contribution < -0.4 is 5.32 Å². The van der Waals surface area contributed by atoms with Crippen LogP contribution in [-0.4, -0.2) is 56.9 Å². The lowest BCUT2D eigenvalue weighted by molar-refractivity contribution is 0.00395. The third-order valence-electron chi connectivity index (χ3n) is 9.87. The molecule has 0 bridgehead atoms. The minimum absolute atomic E-state index is 0.239. The molecule has 1 aliphatic carbocycles. The van der Waals surface area contributed by atoms with Gasteiger partial charge in [-0.3, -0.25) is 14.9 Å². The van der Waals surface area contributed by atoms with Crippen molar-refractivity contribution in [3.63, 3.8) is 0 Å². The standard InChI is InChI=1S/C31H32ClN3O5Si/c1-31(2,41(3,4)40)13-14-11-20(28(37)27(14)36)35-19-8-6-5-7-17(19)22-24-23(29(38)34-30(24)39)21-16-10-9-15(32)12-18(16)33-25(21)26(22)35/h5-10,12,14,20,27-28,33,36-37,40H,11,13H2,1-4H3,(H,34,38,39)/t14-,20?,27-,28+/m1/s1. The van der Waals surface area contributed by atoms with Crippen LogP contribution in [0.15, 0.2) is 42.5 Å². The van der Waals surface area contributed by atoms with Gasteiger partial charge in [-0.15, -0.1) is 0 Å². The van der Waals surface area contributed by atoms with Crippen LogP contribution in [0.3, 0.4) is 0 Å². The van der Waals surface area contributed by atoms with Gasteiger partial charge in [0.15, 0.2) is 8.32 Å². The summed E-state index contributed by atoms with van der Waals surface area (Å²) in [5.41, 5.74) is 3.55. The number of fused-ring (bicyclic) bond motifs is 10. The van der Waals surface area contributed by atoms with Crippen LogP contribution in [-0.2, 0) is 0 Å². The molecule has 5 aromatic rings. The Bertz CT molecular complexity index is 1950. The van der Waals surface area contributed by atoms with Gasteiger partial charge in [0.2, 0.25) is 0 Å². The van der Waals surface area contributed by atoms with E-state index in [1.807, 2.05) is 61.8 Å². The summed E-state index contributed by atoms with van der Waals surface area (Å²) in [4.78, 5) is 41.0. The molecule has 7 rings (SSSR count). The van der Waals surface area contributed by atoms with E-state index >= 15 is 0 Å². The Morgan fingerprint density at radius 3 is 2.39 bits per heavy atom. The van der Waals surface area contributed by atoms with Crippen LogP contribution in [0.2, 0.25) is 23.2 Å². The molecule has 5 N–H and O–H groups in total. The Hall–Kier alpha value is -3.21. The van der Waals surface area contributed by atoms with Crippen LogP contribution in [0.4, 0.5) is 0 Å². The molecule has 1 saturated carbocycles. The van der Waals surface area contributed by atoms with Gasteiger partial charge >= 0.3 is 0 Å². The minimum atomic E-state index is -2.56. The fourth-order valence-corrected chi connectivity index (χ4v) is 8.04.